The molecule has 0 saturated carbocycles. The van der Waals surface area contributed by atoms with Crippen molar-refractivity contribution in [2.75, 3.05) is 10.6 Å². The third-order valence-electron chi connectivity index (χ3n) is 4.22. The smallest absolute Gasteiger partial charge is 0.257 e. The molecule has 4 rings (SSSR count). The molecule has 2 N–H and O–H groups in total. The Morgan fingerprint density at radius 3 is 2.81 bits per heavy atom. The second-order valence-corrected chi connectivity index (χ2v) is 6.69. The molecule has 1 aliphatic heterocycles. The number of pyridine rings is 1. The SMILES string of the molecule is Cc1cc(=O)n2c(n1)NC(Nc1ccc(C)c(Cl)c1)=N[C@@H]2c1cccnc1. The predicted octanol–water partition coefficient (Wildman–Crippen LogP) is 3.35. The molecule has 7 nitrogen and oxygen atoms in total. The summed E-state index contributed by atoms with van der Waals surface area (Å²) in [4.78, 5) is 25.8. The van der Waals surface area contributed by atoms with Gasteiger partial charge in [-0.3, -0.25) is 19.7 Å². The van der Waals surface area contributed by atoms with Gasteiger partial charge in [0.15, 0.2) is 6.17 Å². The molecule has 0 fully saturated rings. The van der Waals surface area contributed by atoms with E-state index in [2.05, 4.69) is 25.6 Å². The third-order valence-corrected chi connectivity index (χ3v) is 4.63. The standard InChI is InChI=1S/C19H17ClN6O/c1-11-5-6-14(9-15(11)20)23-18-24-17(13-4-3-7-21-10-13)26-16(27)8-12(2)22-19(26)25-18/h3-10,17H,1-2H3,(H2,22,23,24,25)/t17-/m0/s1. The van der Waals surface area contributed by atoms with Crippen LogP contribution in [0.1, 0.15) is 23.0 Å². The third kappa shape index (κ3) is 3.41. The zero-order valence-electron chi connectivity index (χ0n) is 14.8. The van der Waals surface area contributed by atoms with E-state index in [0.29, 0.717) is 22.6 Å². The van der Waals surface area contributed by atoms with Gasteiger partial charge in [-0.1, -0.05) is 23.7 Å². The van der Waals surface area contributed by atoms with E-state index in [1.54, 1.807) is 19.3 Å². The zero-order valence-corrected chi connectivity index (χ0v) is 15.5. The first-order chi connectivity index (χ1) is 13.0. The molecule has 0 spiro atoms. The zero-order chi connectivity index (χ0) is 19.0. The van der Waals surface area contributed by atoms with Gasteiger partial charge in [0, 0.05) is 40.4 Å². The quantitative estimate of drug-likeness (QED) is 0.712. The van der Waals surface area contributed by atoms with Gasteiger partial charge in [0.1, 0.15) is 0 Å². The van der Waals surface area contributed by atoms with Crippen LogP contribution in [-0.2, 0) is 0 Å². The number of aromatic nitrogens is 3. The Bertz CT molecular complexity index is 1090. The van der Waals surface area contributed by atoms with Gasteiger partial charge in [-0.15, -0.1) is 0 Å². The Kier molecular flexibility index (Phi) is 4.37. The highest BCUT2D eigenvalue weighted by atomic mass is 35.5. The first-order valence-electron chi connectivity index (χ1n) is 8.39. The highest BCUT2D eigenvalue weighted by Crippen LogP contribution is 2.26. The van der Waals surface area contributed by atoms with E-state index in [0.717, 1.165) is 16.8 Å². The second kappa shape index (κ2) is 6.85. The molecule has 0 radical (unpaired) electrons. The van der Waals surface area contributed by atoms with E-state index < -0.39 is 6.17 Å². The van der Waals surface area contributed by atoms with Crippen LogP contribution < -0.4 is 16.2 Å². The van der Waals surface area contributed by atoms with Crippen molar-refractivity contribution in [3.05, 3.63) is 81.0 Å². The first-order valence-corrected chi connectivity index (χ1v) is 8.77. The molecule has 8 heteroatoms. The molecule has 136 valence electrons. The number of aryl methyl sites for hydroxylation is 2. The number of hydrogen-bond donors (Lipinski definition) is 2. The van der Waals surface area contributed by atoms with Gasteiger partial charge in [-0.25, -0.2) is 9.98 Å². The van der Waals surface area contributed by atoms with Crippen LogP contribution in [-0.4, -0.2) is 20.5 Å². The maximum Gasteiger partial charge on any atom is 0.257 e. The Morgan fingerprint density at radius 2 is 2.07 bits per heavy atom. The largest absolute Gasteiger partial charge is 0.326 e. The van der Waals surface area contributed by atoms with Gasteiger partial charge in [-0.2, -0.15) is 0 Å². The summed E-state index contributed by atoms with van der Waals surface area (Å²) in [6.45, 7) is 3.72. The van der Waals surface area contributed by atoms with Gasteiger partial charge in [0.25, 0.3) is 5.56 Å². The number of benzene rings is 1. The number of rotatable bonds is 2. The number of anilines is 2. The maximum atomic E-state index is 12.6. The maximum absolute atomic E-state index is 12.6. The number of nitrogens with zero attached hydrogens (tertiary/aromatic N) is 4. The van der Waals surface area contributed by atoms with E-state index >= 15 is 0 Å². The van der Waals surface area contributed by atoms with Crippen LogP contribution in [0.3, 0.4) is 0 Å². The van der Waals surface area contributed by atoms with Crippen molar-refractivity contribution in [1.82, 2.24) is 14.5 Å². The minimum atomic E-state index is -0.570. The lowest BCUT2D eigenvalue weighted by molar-refractivity contribution is 0.575. The molecular formula is C19H17ClN6O. The van der Waals surface area contributed by atoms with Gasteiger partial charge >= 0.3 is 0 Å². The van der Waals surface area contributed by atoms with Crippen LogP contribution in [0.2, 0.25) is 5.02 Å². The summed E-state index contributed by atoms with van der Waals surface area (Å²) in [5.74, 6) is 0.894. The normalized spacial score (nSPS) is 15.5. The summed E-state index contributed by atoms with van der Waals surface area (Å²) >= 11 is 6.21. The van der Waals surface area contributed by atoms with Crippen LogP contribution in [0.15, 0.2) is 58.6 Å². The fraction of sp³-hybridized carbons (Fsp3) is 0.158. The highest BCUT2D eigenvalue weighted by Gasteiger charge is 2.25. The highest BCUT2D eigenvalue weighted by molar-refractivity contribution is 6.31. The summed E-state index contributed by atoms with van der Waals surface area (Å²) < 4.78 is 1.51. The number of aliphatic imine (C=N–C) groups is 1. The Hall–Kier alpha value is -3.19. The van der Waals surface area contributed by atoms with Crippen molar-refractivity contribution in [2.45, 2.75) is 20.0 Å². The molecule has 1 aromatic carbocycles. The average Bonchev–Trinajstić information content (AvgIpc) is 2.64. The lowest BCUT2D eigenvalue weighted by Gasteiger charge is -2.26. The summed E-state index contributed by atoms with van der Waals surface area (Å²) in [6, 6.07) is 10.8. The number of halogens is 1. The van der Waals surface area contributed by atoms with Gasteiger partial charge < -0.3 is 5.32 Å². The van der Waals surface area contributed by atoms with Crippen LogP contribution in [0.25, 0.3) is 0 Å². The van der Waals surface area contributed by atoms with Crippen molar-refractivity contribution in [1.29, 1.82) is 0 Å². The number of nitrogens with one attached hydrogen (secondary N) is 2. The topological polar surface area (TPSA) is 84.2 Å². The molecule has 0 bridgehead atoms. The molecule has 0 saturated heterocycles. The van der Waals surface area contributed by atoms with Crippen LogP contribution >= 0.6 is 11.6 Å². The molecule has 1 aliphatic rings. The average molecular weight is 381 g/mol. The Labute approximate surface area is 160 Å². The van der Waals surface area contributed by atoms with Crippen LogP contribution in [0.4, 0.5) is 11.6 Å². The number of hydrogen-bond acceptors (Lipinski definition) is 6. The van der Waals surface area contributed by atoms with Crippen molar-refractivity contribution in [3.63, 3.8) is 0 Å². The lowest BCUT2D eigenvalue weighted by Crippen LogP contribution is -2.37. The van der Waals surface area contributed by atoms with E-state index in [1.807, 2.05) is 37.3 Å². The molecule has 0 amide bonds. The minimum absolute atomic E-state index is 0.181. The molecular weight excluding hydrogens is 364 g/mol. The molecule has 27 heavy (non-hydrogen) atoms. The molecule has 1 atom stereocenters. The van der Waals surface area contributed by atoms with Crippen molar-refractivity contribution in [3.8, 4) is 0 Å². The van der Waals surface area contributed by atoms with E-state index in [9.17, 15) is 4.79 Å². The first kappa shape index (κ1) is 17.2. The molecule has 0 aliphatic carbocycles. The molecule has 3 heterocycles. The summed E-state index contributed by atoms with van der Waals surface area (Å²) in [5, 5.41) is 6.95. The fourth-order valence-electron chi connectivity index (χ4n) is 2.87. The van der Waals surface area contributed by atoms with Gasteiger partial charge in [0.2, 0.25) is 11.9 Å². The fourth-order valence-corrected chi connectivity index (χ4v) is 3.05. The van der Waals surface area contributed by atoms with E-state index in [1.165, 1.54) is 10.6 Å². The molecule has 3 aromatic rings. The summed E-state index contributed by atoms with van der Waals surface area (Å²) in [5.41, 5.74) is 3.01. The van der Waals surface area contributed by atoms with Crippen LogP contribution in [0.5, 0.6) is 0 Å². The van der Waals surface area contributed by atoms with Crippen LogP contribution in [0, 0.1) is 13.8 Å². The minimum Gasteiger partial charge on any atom is -0.326 e. The van der Waals surface area contributed by atoms with Gasteiger partial charge in [-0.05, 0) is 37.6 Å². The number of guanidine groups is 1. The monoisotopic (exact) mass is 380 g/mol. The summed E-state index contributed by atoms with van der Waals surface area (Å²) in [7, 11) is 0. The number of fused-ring (bicyclic) bond motifs is 1. The van der Waals surface area contributed by atoms with E-state index in [-0.39, 0.29) is 5.56 Å². The van der Waals surface area contributed by atoms with Crippen molar-refractivity contribution in [2.24, 2.45) is 4.99 Å². The second-order valence-electron chi connectivity index (χ2n) is 6.28. The van der Waals surface area contributed by atoms with Crippen molar-refractivity contribution >= 4 is 29.2 Å². The molecule has 0 unspecified atom stereocenters. The predicted molar refractivity (Wildman–Crippen MR) is 106 cm³/mol. The lowest BCUT2D eigenvalue weighted by atomic mass is 10.2. The summed E-state index contributed by atoms with van der Waals surface area (Å²) in [6.07, 6.45) is 2.80. The van der Waals surface area contributed by atoms with Crippen molar-refractivity contribution < 1.29 is 0 Å². The van der Waals surface area contributed by atoms with E-state index in [4.69, 9.17) is 11.6 Å². The molecule has 2 aromatic heterocycles. The Morgan fingerprint density at radius 1 is 1.22 bits per heavy atom. The Balaban J connectivity index is 1.78. The van der Waals surface area contributed by atoms with Gasteiger partial charge in [0.05, 0.1) is 0 Å².